The molecule has 3 rings (SSSR count). The first-order chi connectivity index (χ1) is 12.7. The molecule has 4 nitrogen and oxygen atoms in total. The van der Waals surface area contributed by atoms with Crippen molar-refractivity contribution in [2.45, 2.75) is 13.0 Å². The van der Waals surface area contributed by atoms with E-state index in [2.05, 4.69) is 4.98 Å². The molecule has 0 spiro atoms. The number of aromatic nitrogens is 1. The quantitative estimate of drug-likeness (QED) is 0.679. The smallest absolute Gasteiger partial charge is 0.335 e. The molecule has 0 radical (unpaired) electrons. The summed E-state index contributed by atoms with van der Waals surface area (Å²) >= 11 is 0. The summed E-state index contributed by atoms with van der Waals surface area (Å²) in [6.07, 6.45) is 6.40. The summed E-state index contributed by atoms with van der Waals surface area (Å²) in [6.45, 7) is 0.468. The lowest BCUT2D eigenvalue weighted by atomic mass is 10.1. The minimum atomic E-state index is -0.914. The molecule has 3 aromatic rings. The van der Waals surface area contributed by atoms with Gasteiger partial charge in [-0.2, -0.15) is 0 Å². The molecule has 0 aliphatic carbocycles. The van der Waals surface area contributed by atoms with Crippen molar-refractivity contribution in [3.05, 3.63) is 101 Å². The molecule has 0 fully saturated rings. The van der Waals surface area contributed by atoms with E-state index in [1.165, 1.54) is 0 Å². The van der Waals surface area contributed by atoms with Gasteiger partial charge >= 0.3 is 5.97 Å². The number of nitrogens with zero attached hydrogens (tertiary/aromatic N) is 1. The lowest BCUT2D eigenvalue weighted by molar-refractivity contribution is 0.0697. The number of ether oxygens (including phenoxy) is 1. The maximum atomic E-state index is 10.9. The number of rotatable bonds is 7. The summed E-state index contributed by atoms with van der Waals surface area (Å²) in [5, 5.41) is 8.93. The Balaban J connectivity index is 1.64. The molecule has 130 valence electrons. The number of hydrogen-bond acceptors (Lipinski definition) is 3. The van der Waals surface area contributed by atoms with Gasteiger partial charge in [-0.15, -0.1) is 0 Å². The van der Waals surface area contributed by atoms with Crippen LogP contribution in [0.1, 0.15) is 27.0 Å². The van der Waals surface area contributed by atoms with Crippen molar-refractivity contribution >= 4 is 12.0 Å². The minimum Gasteiger partial charge on any atom is -0.478 e. The highest BCUT2D eigenvalue weighted by Crippen LogP contribution is 2.18. The van der Waals surface area contributed by atoms with Crippen molar-refractivity contribution in [1.29, 1.82) is 0 Å². The van der Waals surface area contributed by atoms with Crippen LogP contribution in [0.15, 0.2) is 79.0 Å². The average Bonchev–Trinajstić information content (AvgIpc) is 2.68. The molecule has 0 atom stereocenters. The van der Waals surface area contributed by atoms with Gasteiger partial charge in [0.15, 0.2) is 0 Å². The van der Waals surface area contributed by atoms with Gasteiger partial charge in [0.05, 0.1) is 5.56 Å². The topological polar surface area (TPSA) is 59.4 Å². The first-order valence-corrected chi connectivity index (χ1v) is 8.33. The van der Waals surface area contributed by atoms with Crippen LogP contribution < -0.4 is 4.74 Å². The van der Waals surface area contributed by atoms with E-state index in [1.807, 2.05) is 66.7 Å². The van der Waals surface area contributed by atoms with E-state index in [4.69, 9.17) is 9.84 Å². The molecule has 1 aromatic heterocycles. The van der Waals surface area contributed by atoms with Gasteiger partial charge in [-0.3, -0.25) is 0 Å². The van der Waals surface area contributed by atoms with Gasteiger partial charge in [0.25, 0.3) is 0 Å². The molecule has 4 heteroatoms. The number of carboxylic acids is 1. The Morgan fingerprint density at radius 2 is 1.73 bits per heavy atom. The summed E-state index contributed by atoms with van der Waals surface area (Å²) in [5.41, 5.74) is 3.33. The maximum absolute atomic E-state index is 10.9. The molecule has 1 heterocycles. The molecule has 0 unspecified atom stereocenters. The minimum absolute atomic E-state index is 0.293. The second-order valence-electron chi connectivity index (χ2n) is 5.78. The third kappa shape index (κ3) is 4.80. The monoisotopic (exact) mass is 345 g/mol. The van der Waals surface area contributed by atoms with Crippen molar-refractivity contribution < 1.29 is 14.6 Å². The van der Waals surface area contributed by atoms with E-state index in [0.29, 0.717) is 24.5 Å². The van der Waals surface area contributed by atoms with Crippen LogP contribution in [0, 0.1) is 0 Å². The molecule has 0 aliphatic heterocycles. The van der Waals surface area contributed by atoms with Gasteiger partial charge in [-0.1, -0.05) is 54.6 Å². The Morgan fingerprint density at radius 3 is 2.46 bits per heavy atom. The van der Waals surface area contributed by atoms with E-state index in [-0.39, 0.29) is 0 Å². The second-order valence-corrected chi connectivity index (χ2v) is 5.78. The van der Waals surface area contributed by atoms with Crippen molar-refractivity contribution in [2.24, 2.45) is 0 Å². The number of carboxylic acid groups (broad SMARTS) is 1. The lowest BCUT2D eigenvalue weighted by Gasteiger charge is -2.08. The van der Waals surface area contributed by atoms with Crippen LogP contribution in [0.2, 0.25) is 0 Å². The summed E-state index contributed by atoms with van der Waals surface area (Å²) in [4.78, 5) is 15.2. The van der Waals surface area contributed by atoms with E-state index < -0.39 is 5.97 Å². The van der Waals surface area contributed by atoms with Crippen LogP contribution in [0.5, 0.6) is 5.88 Å². The third-order valence-corrected chi connectivity index (χ3v) is 3.87. The SMILES string of the molecule is O=C(O)c1ccc(CC=Cc2cccnc2OCc2ccccc2)cc1. The summed E-state index contributed by atoms with van der Waals surface area (Å²) < 4.78 is 5.84. The highest BCUT2D eigenvalue weighted by molar-refractivity contribution is 5.87. The van der Waals surface area contributed by atoms with Crippen LogP contribution in [-0.2, 0) is 13.0 Å². The van der Waals surface area contributed by atoms with Gasteiger partial charge in [-0.25, -0.2) is 9.78 Å². The van der Waals surface area contributed by atoms with Gasteiger partial charge in [0, 0.05) is 11.8 Å². The predicted octanol–water partition coefficient (Wildman–Crippen LogP) is 4.61. The Morgan fingerprint density at radius 1 is 0.962 bits per heavy atom. The van der Waals surface area contributed by atoms with E-state index >= 15 is 0 Å². The highest BCUT2D eigenvalue weighted by atomic mass is 16.5. The Kier molecular flexibility index (Phi) is 5.78. The molecule has 0 bridgehead atoms. The normalized spacial score (nSPS) is 10.8. The summed E-state index contributed by atoms with van der Waals surface area (Å²) in [5.74, 6) is -0.323. The van der Waals surface area contributed by atoms with Crippen molar-refractivity contribution in [3.8, 4) is 5.88 Å². The standard InChI is InChI=1S/C22H19NO3/c24-22(25)20-13-11-17(12-14-20)8-4-9-19-10-5-15-23-21(19)26-16-18-6-2-1-3-7-18/h1-7,9-15H,8,16H2,(H,24,25). The number of hydrogen-bond donors (Lipinski definition) is 1. The summed E-state index contributed by atoms with van der Waals surface area (Å²) in [6, 6.07) is 20.7. The van der Waals surface area contributed by atoms with Crippen molar-refractivity contribution in [3.63, 3.8) is 0 Å². The lowest BCUT2D eigenvalue weighted by Crippen LogP contribution is -1.98. The maximum Gasteiger partial charge on any atom is 0.335 e. The van der Waals surface area contributed by atoms with Crippen LogP contribution in [0.25, 0.3) is 6.08 Å². The zero-order valence-electron chi connectivity index (χ0n) is 14.2. The molecule has 0 amide bonds. The molecule has 0 saturated carbocycles. The van der Waals surface area contributed by atoms with Crippen LogP contribution in [-0.4, -0.2) is 16.1 Å². The fourth-order valence-corrected chi connectivity index (χ4v) is 2.48. The Bertz CT molecular complexity index is 887. The first-order valence-electron chi connectivity index (χ1n) is 8.33. The average molecular weight is 345 g/mol. The number of aromatic carboxylic acids is 1. The number of benzene rings is 2. The van der Waals surface area contributed by atoms with Gasteiger partial charge in [-0.05, 0) is 41.8 Å². The molecular formula is C22H19NO3. The van der Waals surface area contributed by atoms with Crippen molar-refractivity contribution in [1.82, 2.24) is 4.98 Å². The molecule has 26 heavy (non-hydrogen) atoms. The van der Waals surface area contributed by atoms with Crippen LogP contribution in [0.3, 0.4) is 0 Å². The van der Waals surface area contributed by atoms with E-state index in [0.717, 1.165) is 16.7 Å². The van der Waals surface area contributed by atoms with Crippen LogP contribution >= 0.6 is 0 Å². The molecule has 0 saturated heterocycles. The molecule has 0 aliphatic rings. The number of allylic oxidation sites excluding steroid dienone is 1. The predicted molar refractivity (Wildman–Crippen MR) is 101 cm³/mol. The van der Waals surface area contributed by atoms with E-state index in [9.17, 15) is 4.79 Å². The van der Waals surface area contributed by atoms with Gasteiger partial charge in [0.2, 0.25) is 5.88 Å². The molecular weight excluding hydrogens is 326 g/mol. The fourth-order valence-electron chi connectivity index (χ4n) is 2.48. The number of pyridine rings is 1. The highest BCUT2D eigenvalue weighted by Gasteiger charge is 2.03. The molecule has 2 aromatic carbocycles. The fraction of sp³-hybridized carbons (Fsp3) is 0.0909. The zero-order chi connectivity index (χ0) is 18.2. The van der Waals surface area contributed by atoms with Crippen molar-refractivity contribution in [2.75, 3.05) is 0 Å². The Hall–Kier alpha value is -3.40. The van der Waals surface area contributed by atoms with Gasteiger partial charge < -0.3 is 9.84 Å². The first kappa shape index (κ1) is 17.4. The zero-order valence-corrected chi connectivity index (χ0v) is 14.2. The Labute approximate surface area is 152 Å². The third-order valence-electron chi connectivity index (χ3n) is 3.87. The van der Waals surface area contributed by atoms with E-state index in [1.54, 1.807) is 18.3 Å². The molecule has 1 N–H and O–H groups in total. The van der Waals surface area contributed by atoms with Gasteiger partial charge in [0.1, 0.15) is 6.61 Å². The number of carbonyl (C=O) groups is 1. The largest absolute Gasteiger partial charge is 0.478 e. The van der Waals surface area contributed by atoms with Crippen LogP contribution in [0.4, 0.5) is 0 Å². The summed E-state index contributed by atoms with van der Waals surface area (Å²) in [7, 11) is 0. The second kappa shape index (κ2) is 8.62.